The van der Waals surface area contributed by atoms with Crippen LogP contribution in [0.4, 0.5) is 5.69 Å². The molecule has 3 aromatic rings. The first-order chi connectivity index (χ1) is 14.9. The van der Waals surface area contributed by atoms with Gasteiger partial charge in [0.2, 0.25) is 5.91 Å². The van der Waals surface area contributed by atoms with E-state index in [1.807, 2.05) is 18.2 Å². The Morgan fingerprint density at radius 2 is 2.10 bits per heavy atom. The highest BCUT2D eigenvalue weighted by atomic mass is 32.2. The van der Waals surface area contributed by atoms with Gasteiger partial charge in [-0.25, -0.2) is 17.4 Å². The Kier molecular flexibility index (Phi) is 4.71. The van der Waals surface area contributed by atoms with Crippen LogP contribution in [0.2, 0.25) is 0 Å². The van der Waals surface area contributed by atoms with E-state index in [0.717, 1.165) is 41.5 Å². The zero-order valence-corrected chi connectivity index (χ0v) is 18.3. The molecule has 0 saturated carbocycles. The Balaban J connectivity index is 1.66. The molecule has 0 saturated heterocycles. The van der Waals surface area contributed by atoms with Crippen molar-refractivity contribution in [2.75, 3.05) is 18.0 Å². The third-order valence-corrected chi connectivity index (χ3v) is 7.75. The molecule has 7 nitrogen and oxygen atoms in total. The number of carbonyl (C=O) groups is 1. The van der Waals surface area contributed by atoms with Gasteiger partial charge < -0.3 is 10.2 Å². The fourth-order valence-corrected chi connectivity index (χ4v) is 5.86. The van der Waals surface area contributed by atoms with Crippen LogP contribution in [0.3, 0.4) is 0 Å². The molecule has 4 heterocycles. The van der Waals surface area contributed by atoms with E-state index >= 15 is 0 Å². The molecule has 0 aliphatic carbocycles. The van der Waals surface area contributed by atoms with Crippen LogP contribution in [-0.4, -0.2) is 42.4 Å². The van der Waals surface area contributed by atoms with E-state index in [0.29, 0.717) is 23.9 Å². The monoisotopic (exact) mass is 436 g/mol. The molecule has 31 heavy (non-hydrogen) atoms. The number of hydrogen-bond donors (Lipinski definition) is 1. The molecule has 0 spiro atoms. The first kappa shape index (κ1) is 20.0. The molecule has 0 radical (unpaired) electrons. The molecule has 0 fully saturated rings. The summed E-state index contributed by atoms with van der Waals surface area (Å²) in [6.07, 6.45) is 6.96. The van der Waals surface area contributed by atoms with Crippen LogP contribution in [0.5, 0.6) is 0 Å². The largest absolute Gasteiger partial charge is 0.312 e. The number of hydrogen-bond acceptors (Lipinski definition) is 5. The van der Waals surface area contributed by atoms with Gasteiger partial charge in [0.05, 0.1) is 4.90 Å². The average molecular weight is 437 g/mol. The number of nitrogens with one attached hydrogen (secondary N) is 1. The molecule has 1 aromatic carbocycles. The number of aromatic nitrogens is 2. The summed E-state index contributed by atoms with van der Waals surface area (Å²) in [5, 5.41) is 4.20. The molecular weight excluding hydrogens is 412 g/mol. The van der Waals surface area contributed by atoms with E-state index in [1.54, 1.807) is 29.4 Å². The van der Waals surface area contributed by atoms with Gasteiger partial charge in [0.1, 0.15) is 0 Å². The highest BCUT2D eigenvalue weighted by Gasteiger charge is 2.28. The van der Waals surface area contributed by atoms with E-state index in [-0.39, 0.29) is 10.8 Å². The minimum Gasteiger partial charge on any atom is -0.312 e. The lowest BCUT2D eigenvalue weighted by Crippen LogP contribution is -2.29. The van der Waals surface area contributed by atoms with Crippen molar-refractivity contribution in [3.63, 3.8) is 0 Å². The van der Waals surface area contributed by atoms with Crippen LogP contribution in [0, 0.1) is 0 Å². The van der Waals surface area contributed by atoms with E-state index in [9.17, 15) is 13.2 Å². The molecule has 8 heteroatoms. The number of nitrogens with zero attached hydrogens (tertiary/aromatic N) is 3. The topological polar surface area (TPSA) is 84.3 Å². The van der Waals surface area contributed by atoms with Crippen molar-refractivity contribution in [1.82, 2.24) is 14.3 Å². The number of benzene rings is 1. The molecule has 1 N–H and O–H groups in total. The van der Waals surface area contributed by atoms with Gasteiger partial charge in [0, 0.05) is 55.1 Å². The normalized spacial score (nSPS) is 18.8. The first-order valence-corrected chi connectivity index (χ1v) is 11.9. The zero-order valence-electron chi connectivity index (χ0n) is 17.5. The van der Waals surface area contributed by atoms with E-state index in [1.165, 1.54) is 10.9 Å². The Morgan fingerprint density at radius 3 is 2.87 bits per heavy atom. The number of fused-ring (bicyclic) bond motifs is 2. The van der Waals surface area contributed by atoms with Crippen molar-refractivity contribution in [3.05, 3.63) is 59.9 Å². The minimum atomic E-state index is -3.89. The molecule has 1 amide bonds. The van der Waals surface area contributed by atoms with Crippen LogP contribution >= 0.6 is 0 Å². The molecule has 1 atom stereocenters. The molecule has 2 aliphatic rings. The van der Waals surface area contributed by atoms with Gasteiger partial charge in [-0.05, 0) is 55.2 Å². The summed E-state index contributed by atoms with van der Waals surface area (Å²) in [6.45, 7) is 4.95. The van der Waals surface area contributed by atoms with E-state index in [4.69, 9.17) is 0 Å². The third-order valence-electron chi connectivity index (χ3n) is 6.11. The maximum Gasteiger partial charge on any atom is 0.269 e. The molecule has 0 bridgehead atoms. The van der Waals surface area contributed by atoms with Gasteiger partial charge in [0.25, 0.3) is 10.0 Å². The lowest BCUT2D eigenvalue weighted by Gasteiger charge is -2.20. The number of pyridine rings is 1. The second-order valence-corrected chi connectivity index (χ2v) is 9.99. The average Bonchev–Trinajstić information content (AvgIpc) is 3.35. The van der Waals surface area contributed by atoms with Crippen molar-refractivity contribution in [1.29, 1.82) is 0 Å². The van der Waals surface area contributed by atoms with E-state index in [2.05, 4.69) is 23.3 Å². The smallest absolute Gasteiger partial charge is 0.269 e. The SMILES string of the molecule is CC(=O)N1CCc2ccc(S(=O)(=O)n3cc(C4=CCNC(C)C4)c4cccnc43)cc21. The van der Waals surface area contributed by atoms with E-state index < -0.39 is 10.0 Å². The predicted molar refractivity (Wildman–Crippen MR) is 121 cm³/mol. The number of rotatable bonds is 3. The summed E-state index contributed by atoms with van der Waals surface area (Å²) in [7, 11) is -3.89. The van der Waals surface area contributed by atoms with Crippen molar-refractivity contribution in [3.8, 4) is 0 Å². The zero-order chi connectivity index (χ0) is 21.8. The maximum absolute atomic E-state index is 13.7. The van der Waals surface area contributed by atoms with Crippen LogP contribution in [-0.2, 0) is 21.2 Å². The number of anilines is 1. The van der Waals surface area contributed by atoms with Crippen LogP contribution in [0.1, 0.15) is 31.4 Å². The van der Waals surface area contributed by atoms with Gasteiger partial charge >= 0.3 is 0 Å². The molecule has 2 aliphatic heterocycles. The number of carbonyl (C=O) groups excluding carboxylic acids is 1. The standard InChI is InChI=1S/C23H24N4O3S/c1-15-12-18(7-10-24-15)21-14-27(23-20(21)4-3-9-25-23)31(29,30)19-6-5-17-8-11-26(16(2)28)22(17)13-19/h3-7,9,13-15,24H,8,10-12H2,1-2H3. The molecular formula is C23H24N4O3S. The summed E-state index contributed by atoms with van der Waals surface area (Å²) in [5.74, 6) is -0.0874. The highest BCUT2D eigenvalue weighted by molar-refractivity contribution is 7.90. The van der Waals surface area contributed by atoms with Gasteiger partial charge in [-0.3, -0.25) is 4.79 Å². The quantitative estimate of drug-likeness (QED) is 0.682. The summed E-state index contributed by atoms with van der Waals surface area (Å²) < 4.78 is 28.6. The lowest BCUT2D eigenvalue weighted by atomic mass is 9.96. The lowest BCUT2D eigenvalue weighted by molar-refractivity contribution is -0.116. The second-order valence-electron chi connectivity index (χ2n) is 8.17. The summed E-state index contributed by atoms with van der Waals surface area (Å²) in [6, 6.07) is 9.10. The summed E-state index contributed by atoms with van der Waals surface area (Å²) in [4.78, 5) is 18.2. The molecule has 2 aromatic heterocycles. The summed E-state index contributed by atoms with van der Waals surface area (Å²) in [5.41, 5.74) is 4.09. The fraction of sp³-hybridized carbons (Fsp3) is 0.304. The van der Waals surface area contributed by atoms with Gasteiger partial charge in [-0.2, -0.15) is 0 Å². The molecule has 160 valence electrons. The first-order valence-electron chi connectivity index (χ1n) is 10.4. The van der Waals surface area contributed by atoms with Crippen LogP contribution < -0.4 is 10.2 Å². The van der Waals surface area contributed by atoms with Gasteiger partial charge in [0.15, 0.2) is 5.65 Å². The van der Waals surface area contributed by atoms with Crippen molar-refractivity contribution < 1.29 is 13.2 Å². The molecule has 1 unspecified atom stereocenters. The van der Waals surface area contributed by atoms with Crippen molar-refractivity contribution in [2.24, 2.45) is 0 Å². The third kappa shape index (κ3) is 3.26. The summed E-state index contributed by atoms with van der Waals surface area (Å²) >= 11 is 0. The Morgan fingerprint density at radius 1 is 1.26 bits per heavy atom. The Bertz CT molecular complexity index is 1340. The minimum absolute atomic E-state index is 0.0874. The predicted octanol–water partition coefficient (Wildman–Crippen LogP) is 2.95. The Labute approximate surface area is 181 Å². The van der Waals surface area contributed by atoms with Crippen molar-refractivity contribution >= 4 is 38.2 Å². The fourth-order valence-electron chi connectivity index (χ4n) is 4.52. The van der Waals surface area contributed by atoms with Gasteiger partial charge in [-0.15, -0.1) is 0 Å². The van der Waals surface area contributed by atoms with Crippen LogP contribution in [0.25, 0.3) is 16.6 Å². The second kappa shape index (κ2) is 7.32. The van der Waals surface area contributed by atoms with Gasteiger partial charge in [-0.1, -0.05) is 12.1 Å². The maximum atomic E-state index is 13.7. The Hall–Kier alpha value is -2.97. The highest BCUT2D eigenvalue weighted by Crippen LogP contribution is 2.35. The number of amides is 1. The van der Waals surface area contributed by atoms with Crippen LogP contribution in [0.15, 0.2) is 53.7 Å². The van der Waals surface area contributed by atoms with Crippen molar-refractivity contribution in [2.45, 2.75) is 37.6 Å². The molecule has 5 rings (SSSR count).